The van der Waals surface area contributed by atoms with Crippen LogP contribution in [0.15, 0.2) is 36.7 Å². The van der Waals surface area contributed by atoms with E-state index >= 15 is 0 Å². The fraction of sp³-hybridized carbons (Fsp3) is 0.235. The van der Waals surface area contributed by atoms with Crippen molar-refractivity contribution in [2.45, 2.75) is 20.3 Å². The number of H-pyrrole nitrogens is 1. The molecule has 0 amide bonds. The molecule has 0 saturated heterocycles. The lowest BCUT2D eigenvalue weighted by Gasteiger charge is -2.15. The van der Waals surface area contributed by atoms with Gasteiger partial charge in [-0.15, -0.1) is 0 Å². The molecule has 1 N–H and O–H groups in total. The van der Waals surface area contributed by atoms with Crippen LogP contribution in [0, 0.1) is 11.2 Å². The van der Waals surface area contributed by atoms with Gasteiger partial charge in [0.2, 0.25) is 0 Å². The summed E-state index contributed by atoms with van der Waals surface area (Å²) in [4.78, 5) is 23.0. The molecule has 3 rings (SSSR count). The summed E-state index contributed by atoms with van der Waals surface area (Å²) in [6, 6.07) is 6.47. The Labute approximate surface area is 127 Å². The average Bonchev–Trinajstić information content (AvgIpc) is 2.89. The minimum absolute atomic E-state index is 0.332. The third kappa shape index (κ3) is 2.62. The van der Waals surface area contributed by atoms with Crippen molar-refractivity contribution in [3.8, 4) is 11.3 Å². The molecule has 2 heterocycles. The van der Waals surface area contributed by atoms with Gasteiger partial charge in [0.05, 0.1) is 11.9 Å². The van der Waals surface area contributed by atoms with Crippen molar-refractivity contribution >= 4 is 17.5 Å². The van der Waals surface area contributed by atoms with Gasteiger partial charge in [0.15, 0.2) is 5.65 Å². The number of nitrogens with one attached hydrogen (secondary N) is 1. The standard InChI is InChI=1S/C17H16FN3O/c1-17(2,10-22)7-11-8-19-16-15(11)21-14(9-20-16)12-5-3-4-6-13(12)18/h3-6,8-10H,7H2,1-2H3,(H,19,20). The van der Waals surface area contributed by atoms with E-state index in [0.717, 1.165) is 11.8 Å². The van der Waals surface area contributed by atoms with Gasteiger partial charge in [-0.05, 0) is 24.1 Å². The van der Waals surface area contributed by atoms with Crippen LogP contribution in [0.4, 0.5) is 4.39 Å². The molecular weight excluding hydrogens is 281 g/mol. The number of hydrogen-bond acceptors (Lipinski definition) is 3. The lowest BCUT2D eigenvalue weighted by molar-refractivity contribution is -0.114. The van der Waals surface area contributed by atoms with Crippen LogP contribution in [0.1, 0.15) is 19.4 Å². The Bertz CT molecular complexity index is 839. The Morgan fingerprint density at radius 2 is 2.09 bits per heavy atom. The monoisotopic (exact) mass is 297 g/mol. The van der Waals surface area contributed by atoms with Crippen molar-refractivity contribution < 1.29 is 9.18 Å². The predicted octanol–water partition coefficient (Wildman–Crippen LogP) is 3.53. The molecule has 5 heteroatoms. The van der Waals surface area contributed by atoms with E-state index in [2.05, 4.69) is 15.0 Å². The van der Waals surface area contributed by atoms with Crippen molar-refractivity contribution in [2.24, 2.45) is 5.41 Å². The summed E-state index contributed by atoms with van der Waals surface area (Å²) in [6.07, 6.45) is 4.83. The third-order valence-corrected chi connectivity index (χ3v) is 3.57. The molecule has 1 aromatic carbocycles. The normalized spacial score (nSPS) is 11.8. The zero-order chi connectivity index (χ0) is 15.7. The molecule has 0 fully saturated rings. The number of fused-ring (bicyclic) bond motifs is 1. The molecule has 0 aliphatic carbocycles. The van der Waals surface area contributed by atoms with Crippen molar-refractivity contribution in [1.29, 1.82) is 0 Å². The topological polar surface area (TPSA) is 58.6 Å². The first-order valence-electron chi connectivity index (χ1n) is 7.04. The summed E-state index contributed by atoms with van der Waals surface area (Å²) in [7, 11) is 0. The van der Waals surface area contributed by atoms with Gasteiger partial charge < -0.3 is 9.78 Å². The molecule has 0 spiro atoms. The van der Waals surface area contributed by atoms with Crippen molar-refractivity contribution in [2.75, 3.05) is 0 Å². The molecule has 4 nitrogen and oxygen atoms in total. The first kappa shape index (κ1) is 14.4. The van der Waals surface area contributed by atoms with Crippen LogP contribution in [0.5, 0.6) is 0 Å². The highest BCUT2D eigenvalue weighted by atomic mass is 19.1. The van der Waals surface area contributed by atoms with E-state index < -0.39 is 5.41 Å². The minimum atomic E-state index is -0.481. The van der Waals surface area contributed by atoms with E-state index in [4.69, 9.17) is 0 Å². The Hall–Kier alpha value is -2.56. The molecule has 0 saturated carbocycles. The van der Waals surface area contributed by atoms with Gasteiger partial charge in [0, 0.05) is 17.2 Å². The molecule has 3 aromatic rings. The molecule has 2 aromatic heterocycles. The van der Waals surface area contributed by atoms with Crippen LogP contribution in [0.3, 0.4) is 0 Å². The van der Waals surface area contributed by atoms with E-state index in [1.807, 2.05) is 13.8 Å². The summed E-state index contributed by atoms with van der Waals surface area (Å²) in [5, 5.41) is 0. The van der Waals surface area contributed by atoms with Gasteiger partial charge in [-0.3, -0.25) is 0 Å². The second-order valence-electron chi connectivity index (χ2n) is 6.03. The maximum Gasteiger partial charge on any atom is 0.156 e. The van der Waals surface area contributed by atoms with Crippen LogP contribution in [-0.2, 0) is 11.2 Å². The molecule has 0 atom stereocenters. The van der Waals surface area contributed by atoms with Gasteiger partial charge >= 0.3 is 0 Å². The average molecular weight is 297 g/mol. The van der Waals surface area contributed by atoms with Crippen LogP contribution in [-0.4, -0.2) is 21.2 Å². The van der Waals surface area contributed by atoms with Crippen molar-refractivity contribution in [3.05, 3.63) is 48.0 Å². The van der Waals surface area contributed by atoms with E-state index in [0.29, 0.717) is 28.8 Å². The van der Waals surface area contributed by atoms with Gasteiger partial charge in [0.25, 0.3) is 0 Å². The SMILES string of the molecule is CC(C)(C=O)Cc1c[nH]c2ncc(-c3ccccc3F)nc12. The summed E-state index contributed by atoms with van der Waals surface area (Å²) < 4.78 is 13.9. The van der Waals surface area contributed by atoms with Gasteiger partial charge in [-0.25, -0.2) is 14.4 Å². The highest BCUT2D eigenvalue weighted by molar-refractivity contribution is 5.78. The lowest BCUT2D eigenvalue weighted by atomic mass is 9.88. The first-order valence-corrected chi connectivity index (χ1v) is 7.04. The van der Waals surface area contributed by atoms with Crippen LogP contribution < -0.4 is 0 Å². The van der Waals surface area contributed by atoms with E-state index in [-0.39, 0.29) is 5.82 Å². The largest absolute Gasteiger partial charge is 0.345 e. The molecular formula is C17H16FN3O. The number of aromatic nitrogens is 3. The molecule has 0 radical (unpaired) electrons. The summed E-state index contributed by atoms with van der Waals surface area (Å²) in [5.74, 6) is -0.332. The second kappa shape index (κ2) is 5.33. The number of rotatable bonds is 4. The fourth-order valence-corrected chi connectivity index (χ4v) is 2.41. The molecule has 22 heavy (non-hydrogen) atoms. The number of benzene rings is 1. The number of hydrogen-bond donors (Lipinski definition) is 1. The number of nitrogens with zero attached hydrogens (tertiary/aromatic N) is 2. The first-order chi connectivity index (χ1) is 10.5. The molecule has 0 unspecified atom stereocenters. The Morgan fingerprint density at radius 3 is 2.82 bits per heavy atom. The third-order valence-electron chi connectivity index (χ3n) is 3.57. The van der Waals surface area contributed by atoms with Crippen molar-refractivity contribution in [3.63, 3.8) is 0 Å². The summed E-state index contributed by atoms with van der Waals surface area (Å²) in [5.41, 5.74) is 2.63. The second-order valence-corrected chi connectivity index (χ2v) is 6.03. The number of carbonyl (C=O) groups is 1. The quantitative estimate of drug-likeness (QED) is 0.749. The number of halogens is 1. The highest BCUT2D eigenvalue weighted by Gasteiger charge is 2.20. The van der Waals surface area contributed by atoms with E-state index in [1.165, 1.54) is 6.07 Å². The summed E-state index contributed by atoms with van der Waals surface area (Å²) in [6.45, 7) is 3.74. The molecule has 112 valence electrons. The number of aromatic amines is 1. The predicted molar refractivity (Wildman–Crippen MR) is 82.8 cm³/mol. The lowest BCUT2D eigenvalue weighted by Crippen LogP contribution is -2.16. The Kier molecular flexibility index (Phi) is 3.48. The summed E-state index contributed by atoms with van der Waals surface area (Å²) >= 11 is 0. The zero-order valence-corrected chi connectivity index (χ0v) is 12.4. The minimum Gasteiger partial charge on any atom is -0.345 e. The maximum absolute atomic E-state index is 13.9. The van der Waals surface area contributed by atoms with Crippen LogP contribution >= 0.6 is 0 Å². The highest BCUT2D eigenvalue weighted by Crippen LogP contribution is 2.26. The number of aldehydes is 1. The smallest absolute Gasteiger partial charge is 0.156 e. The van der Waals surface area contributed by atoms with Gasteiger partial charge in [0.1, 0.15) is 17.6 Å². The van der Waals surface area contributed by atoms with Crippen LogP contribution in [0.25, 0.3) is 22.4 Å². The molecule has 0 aliphatic rings. The van der Waals surface area contributed by atoms with Crippen molar-refractivity contribution in [1.82, 2.24) is 15.0 Å². The maximum atomic E-state index is 13.9. The van der Waals surface area contributed by atoms with E-state index in [9.17, 15) is 9.18 Å². The van der Waals surface area contributed by atoms with E-state index in [1.54, 1.807) is 30.6 Å². The van der Waals surface area contributed by atoms with Gasteiger partial charge in [-0.1, -0.05) is 26.0 Å². The zero-order valence-electron chi connectivity index (χ0n) is 12.4. The Balaban J connectivity index is 2.09. The molecule has 0 bridgehead atoms. The Morgan fingerprint density at radius 1 is 1.32 bits per heavy atom. The van der Waals surface area contributed by atoms with Gasteiger partial charge in [-0.2, -0.15) is 0 Å². The fourth-order valence-electron chi connectivity index (χ4n) is 2.41. The molecule has 0 aliphatic heterocycles. The van der Waals surface area contributed by atoms with Crippen LogP contribution in [0.2, 0.25) is 0 Å². The number of carbonyl (C=O) groups excluding carboxylic acids is 1.